The van der Waals surface area contributed by atoms with E-state index in [0.717, 1.165) is 36.3 Å². The summed E-state index contributed by atoms with van der Waals surface area (Å²) in [4.78, 5) is 25.7. The molecule has 158 valence electrons. The molecule has 0 saturated heterocycles. The van der Waals surface area contributed by atoms with Crippen LogP contribution in [0.2, 0.25) is 0 Å². The van der Waals surface area contributed by atoms with Crippen LogP contribution in [0.1, 0.15) is 46.5 Å². The molecule has 3 atom stereocenters. The molecule has 0 fully saturated rings. The topological polar surface area (TPSA) is 82.5 Å². The summed E-state index contributed by atoms with van der Waals surface area (Å²) >= 11 is 6.49. The Hall–Kier alpha value is -1.64. The van der Waals surface area contributed by atoms with Gasteiger partial charge in [-0.15, -0.1) is 0 Å². The lowest BCUT2D eigenvalue weighted by atomic mass is 9.93. The third-order valence-corrected chi connectivity index (χ3v) is 4.99. The molecule has 2 rings (SSSR count). The number of H-pyrrole nitrogens is 1. The summed E-state index contributed by atoms with van der Waals surface area (Å²) in [5, 5.41) is 0.0637. The van der Waals surface area contributed by atoms with Crippen LogP contribution in [0.3, 0.4) is 0 Å². The number of hydrogen-bond acceptors (Lipinski definition) is 5. The lowest BCUT2D eigenvalue weighted by Gasteiger charge is -2.36. The molecule has 1 N–H and O–H groups in total. The molecule has 7 nitrogen and oxygen atoms in total. The van der Waals surface area contributed by atoms with Crippen molar-refractivity contribution in [1.82, 2.24) is 9.55 Å². The van der Waals surface area contributed by atoms with E-state index < -0.39 is 29.1 Å². The zero-order valence-electron chi connectivity index (χ0n) is 16.5. The van der Waals surface area contributed by atoms with Gasteiger partial charge in [-0.3, -0.25) is 9.78 Å². The molecule has 9 heteroatoms. The third-order valence-electron chi connectivity index (χ3n) is 4.63. The maximum Gasteiger partial charge on any atom is 0.335 e. The molecule has 0 radical (unpaired) electrons. The number of alkyl halides is 1. The second-order valence-electron chi connectivity index (χ2n) is 6.82. The predicted molar refractivity (Wildman–Crippen MR) is 105 cm³/mol. The Morgan fingerprint density at radius 2 is 2.00 bits per heavy atom. The average molecular weight is 419 g/mol. The number of aromatic amines is 1. The van der Waals surface area contributed by atoms with E-state index in [2.05, 4.69) is 4.98 Å². The molecular weight excluding hydrogens is 391 g/mol. The van der Waals surface area contributed by atoms with Gasteiger partial charge in [-0.1, -0.05) is 38.3 Å². The molecule has 0 aromatic carbocycles. The van der Waals surface area contributed by atoms with Crippen molar-refractivity contribution in [3.63, 3.8) is 0 Å². The SMILES string of the molecule is CCCCOC[C@@]1(C(C)F)OC(n2ccc(=O)[nH]c2=O)=C(Cl)[C@@H]1OCCCC. The summed E-state index contributed by atoms with van der Waals surface area (Å²) in [6, 6.07) is 1.16. The molecule has 28 heavy (non-hydrogen) atoms. The number of hydrogen-bond donors (Lipinski definition) is 1. The number of aromatic nitrogens is 2. The van der Waals surface area contributed by atoms with Crippen molar-refractivity contribution >= 4 is 17.5 Å². The van der Waals surface area contributed by atoms with Crippen molar-refractivity contribution < 1.29 is 18.6 Å². The Kier molecular flexibility index (Phi) is 8.27. The van der Waals surface area contributed by atoms with E-state index in [9.17, 15) is 14.0 Å². The molecule has 0 bridgehead atoms. The second kappa shape index (κ2) is 10.2. The highest BCUT2D eigenvalue weighted by molar-refractivity contribution is 6.32. The summed E-state index contributed by atoms with van der Waals surface area (Å²) in [7, 11) is 0. The van der Waals surface area contributed by atoms with Crippen LogP contribution in [0.4, 0.5) is 4.39 Å². The van der Waals surface area contributed by atoms with Gasteiger partial charge in [0.25, 0.3) is 5.56 Å². The van der Waals surface area contributed by atoms with Crippen LogP contribution in [0.5, 0.6) is 0 Å². The fourth-order valence-corrected chi connectivity index (χ4v) is 3.28. The fourth-order valence-electron chi connectivity index (χ4n) is 2.90. The average Bonchev–Trinajstić information content (AvgIpc) is 2.93. The number of unbranched alkanes of at least 4 members (excludes halogenated alkanes) is 2. The summed E-state index contributed by atoms with van der Waals surface area (Å²) in [5.74, 6) is -0.0620. The lowest BCUT2D eigenvalue weighted by molar-refractivity contribution is -0.144. The first-order valence-electron chi connectivity index (χ1n) is 9.61. The van der Waals surface area contributed by atoms with Crippen LogP contribution in [0, 0.1) is 0 Å². The molecule has 1 aromatic heterocycles. The van der Waals surface area contributed by atoms with E-state index in [0.29, 0.717) is 13.2 Å². The summed E-state index contributed by atoms with van der Waals surface area (Å²) in [6.07, 6.45) is 2.23. The highest BCUT2D eigenvalue weighted by atomic mass is 35.5. The summed E-state index contributed by atoms with van der Waals surface area (Å²) in [5.41, 5.74) is -2.81. The van der Waals surface area contributed by atoms with Crippen LogP contribution in [0.15, 0.2) is 26.9 Å². The fraction of sp³-hybridized carbons (Fsp3) is 0.684. The molecule has 0 spiro atoms. The zero-order valence-corrected chi connectivity index (χ0v) is 17.3. The van der Waals surface area contributed by atoms with Gasteiger partial charge < -0.3 is 14.2 Å². The number of ether oxygens (including phenoxy) is 3. The van der Waals surface area contributed by atoms with Gasteiger partial charge in [-0.25, -0.2) is 13.8 Å². The van der Waals surface area contributed by atoms with Gasteiger partial charge in [0.2, 0.25) is 5.88 Å². The quantitative estimate of drug-likeness (QED) is 0.558. The zero-order chi connectivity index (χ0) is 20.7. The summed E-state index contributed by atoms with van der Waals surface area (Å²) < 4.78 is 33.3. The smallest absolute Gasteiger partial charge is 0.335 e. The minimum absolute atomic E-state index is 0.0620. The van der Waals surface area contributed by atoms with Crippen LogP contribution < -0.4 is 11.2 Å². The number of nitrogens with one attached hydrogen (secondary N) is 1. The summed E-state index contributed by atoms with van der Waals surface area (Å²) in [6.45, 7) is 6.11. The molecule has 0 amide bonds. The number of halogens is 2. The Morgan fingerprint density at radius 3 is 2.61 bits per heavy atom. The van der Waals surface area contributed by atoms with Gasteiger partial charge in [0.05, 0.1) is 6.61 Å². The highest BCUT2D eigenvalue weighted by Gasteiger charge is 2.56. The van der Waals surface area contributed by atoms with Crippen molar-refractivity contribution in [3.05, 3.63) is 38.1 Å². The standard InChI is InChI=1S/C19H28ClFN2O5/c1-4-6-10-26-12-19(13(3)21)16(27-11-7-5-2)15(20)17(28-19)23-9-8-14(24)22-18(23)25/h8-9,13,16H,4-7,10-12H2,1-3H3,(H,22,24,25)/t13?,16-,19-/m0/s1. The Bertz CT molecular complexity index is 791. The third kappa shape index (κ3) is 4.85. The number of nitrogens with zero attached hydrogens (tertiary/aromatic N) is 1. The second-order valence-corrected chi connectivity index (χ2v) is 7.22. The first-order chi connectivity index (χ1) is 13.4. The van der Waals surface area contributed by atoms with E-state index in [-0.39, 0.29) is 17.5 Å². The van der Waals surface area contributed by atoms with Crippen LogP contribution in [-0.4, -0.2) is 47.2 Å². The predicted octanol–water partition coefficient (Wildman–Crippen LogP) is 3.03. The van der Waals surface area contributed by atoms with Crippen LogP contribution in [-0.2, 0) is 14.2 Å². The van der Waals surface area contributed by atoms with Gasteiger partial charge in [0.1, 0.15) is 17.3 Å². The van der Waals surface area contributed by atoms with Crippen LogP contribution >= 0.6 is 11.6 Å². The van der Waals surface area contributed by atoms with Gasteiger partial charge in [-0.2, -0.15) is 0 Å². The normalized spacial score (nSPS) is 23.1. The van der Waals surface area contributed by atoms with Crippen LogP contribution in [0.25, 0.3) is 5.88 Å². The molecule has 0 saturated carbocycles. The maximum atomic E-state index is 14.8. The molecule has 1 aliphatic heterocycles. The van der Waals surface area contributed by atoms with E-state index in [1.807, 2.05) is 13.8 Å². The molecule has 0 aliphatic carbocycles. The van der Waals surface area contributed by atoms with Gasteiger partial charge >= 0.3 is 5.69 Å². The van der Waals surface area contributed by atoms with E-state index in [1.165, 1.54) is 13.1 Å². The Morgan fingerprint density at radius 1 is 1.32 bits per heavy atom. The van der Waals surface area contributed by atoms with E-state index in [1.54, 1.807) is 0 Å². The largest absolute Gasteiger partial charge is 0.462 e. The molecule has 1 unspecified atom stereocenters. The van der Waals surface area contributed by atoms with Gasteiger partial charge in [0, 0.05) is 25.5 Å². The van der Waals surface area contributed by atoms with Crippen molar-refractivity contribution in [1.29, 1.82) is 0 Å². The van der Waals surface area contributed by atoms with Gasteiger partial charge in [0.15, 0.2) is 5.60 Å². The van der Waals surface area contributed by atoms with Crippen molar-refractivity contribution in [3.8, 4) is 0 Å². The van der Waals surface area contributed by atoms with Crippen molar-refractivity contribution in [2.45, 2.75) is 64.3 Å². The monoisotopic (exact) mass is 418 g/mol. The maximum absolute atomic E-state index is 14.8. The van der Waals surface area contributed by atoms with E-state index >= 15 is 0 Å². The van der Waals surface area contributed by atoms with Crippen molar-refractivity contribution in [2.75, 3.05) is 19.8 Å². The first-order valence-corrected chi connectivity index (χ1v) is 9.99. The molecule has 2 heterocycles. The van der Waals surface area contributed by atoms with E-state index in [4.69, 9.17) is 25.8 Å². The van der Waals surface area contributed by atoms with Crippen molar-refractivity contribution in [2.24, 2.45) is 0 Å². The molecule has 1 aliphatic rings. The highest BCUT2D eigenvalue weighted by Crippen LogP contribution is 2.43. The van der Waals surface area contributed by atoms with Gasteiger partial charge in [-0.05, 0) is 19.8 Å². The minimum atomic E-state index is -1.52. The molecule has 1 aromatic rings. The first kappa shape index (κ1) is 22.6. The molecular formula is C19H28ClFN2O5. The Balaban J connectivity index is 2.40. The Labute approximate surface area is 168 Å². The minimum Gasteiger partial charge on any atom is -0.462 e. The lowest BCUT2D eigenvalue weighted by Crippen LogP contribution is -2.53. The number of rotatable bonds is 11.